The molecule has 0 atom stereocenters. The molecule has 29 heavy (non-hydrogen) atoms. The van der Waals surface area contributed by atoms with Crippen molar-refractivity contribution in [2.75, 3.05) is 0 Å². The summed E-state index contributed by atoms with van der Waals surface area (Å²) in [5.41, 5.74) is 7.50. The summed E-state index contributed by atoms with van der Waals surface area (Å²) >= 11 is 0. The second-order valence-corrected chi connectivity index (χ2v) is 6.82. The number of aryl methyl sites for hydroxylation is 2. The van der Waals surface area contributed by atoms with Crippen LogP contribution in [0.3, 0.4) is 0 Å². The van der Waals surface area contributed by atoms with E-state index >= 15 is 0 Å². The molecule has 0 aliphatic rings. The highest BCUT2D eigenvalue weighted by Crippen LogP contribution is 2.28. The van der Waals surface area contributed by atoms with Crippen molar-refractivity contribution in [1.29, 1.82) is 0 Å². The van der Waals surface area contributed by atoms with Crippen molar-refractivity contribution < 1.29 is 21.8 Å². The molecule has 0 saturated heterocycles. The van der Waals surface area contributed by atoms with E-state index in [0.717, 1.165) is 0 Å². The Bertz CT molecular complexity index is 1100. The van der Waals surface area contributed by atoms with Crippen LogP contribution in [0.15, 0.2) is 85.1 Å². The number of aromatic nitrogens is 1. The first-order valence-electron chi connectivity index (χ1n) is 9.17. The molecule has 0 amide bonds. The molecular weight excluding hydrogens is 377 g/mol. The van der Waals surface area contributed by atoms with Crippen LogP contribution in [0.4, 0.5) is 17.3 Å². The minimum Gasteiger partial charge on any atom is -0.418 e. The second-order valence-electron chi connectivity index (χ2n) is 6.82. The monoisotopic (exact) mass is 397 g/mol. The quantitative estimate of drug-likeness (QED) is 0.201. The van der Waals surface area contributed by atoms with Gasteiger partial charge < -0.3 is 17.3 Å². The number of rotatable bonds is 2. The Morgan fingerprint density at radius 3 is 1.90 bits per heavy atom. The fourth-order valence-electron chi connectivity index (χ4n) is 3.19. The first kappa shape index (κ1) is 20.6. The van der Waals surface area contributed by atoms with E-state index < -0.39 is 7.25 Å². The van der Waals surface area contributed by atoms with Crippen LogP contribution in [-0.2, 0) is 0 Å². The highest BCUT2D eigenvalue weighted by atomic mass is 19.5. The van der Waals surface area contributed by atoms with Crippen LogP contribution in [0.2, 0.25) is 0 Å². The molecule has 3 aromatic carbocycles. The molecule has 0 saturated carbocycles. The number of benzene rings is 3. The molecule has 4 aromatic rings. The maximum atomic E-state index is 9.75. The van der Waals surface area contributed by atoms with Crippen molar-refractivity contribution in [2.45, 2.75) is 13.8 Å². The average molecular weight is 397 g/mol. The molecule has 0 radical (unpaired) electrons. The summed E-state index contributed by atoms with van der Waals surface area (Å²) in [6.07, 6.45) is 2.17. The molecule has 0 spiro atoms. The number of fused-ring (bicyclic) bond motifs is 1. The normalized spacial score (nSPS) is 11.1. The predicted octanol–water partition coefficient (Wildman–Crippen LogP) is 6.70. The molecule has 0 aliphatic heterocycles. The maximum absolute atomic E-state index is 9.75. The third-order valence-corrected chi connectivity index (χ3v) is 4.49. The first-order valence-corrected chi connectivity index (χ1v) is 9.17. The largest absolute Gasteiger partial charge is 0.673 e. The van der Waals surface area contributed by atoms with Crippen LogP contribution < -0.4 is 4.57 Å². The Morgan fingerprint density at radius 1 is 0.690 bits per heavy atom. The summed E-state index contributed by atoms with van der Waals surface area (Å²) in [6.45, 7) is 4.27. The summed E-state index contributed by atoms with van der Waals surface area (Å²) in [7, 11) is -6.00. The summed E-state index contributed by atoms with van der Waals surface area (Å²) in [5, 5.41) is 1.28. The fraction of sp³-hybridized carbons (Fsp3) is 0.0870. The SMILES string of the molecule is Cc1ccc(-[n+]2ccc(-c3ccccc3)c3cc(C)ccc32)cc1.F[B-](F)(F)F. The zero-order chi connectivity index (χ0) is 21.0. The van der Waals surface area contributed by atoms with E-state index in [9.17, 15) is 17.3 Å². The van der Waals surface area contributed by atoms with Crippen molar-refractivity contribution in [3.63, 3.8) is 0 Å². The number of hydrogen-bond donors (Lipinski definition) is 0. The van der Waals surface area contributed by atoms with E-state index in [1.165, 1.54) is 38.8 Å². The molecule has 4 rings (SSSR count). The molecule has 1 aromatic heterocycles. The maximum Gasteiger partial charge on any atom is 0.673 e. The topological polar surface area (TPSA) is 3.88 Å². The molecule has 0 unspecified atom stereocenters. The summed E-state index contributed by atoms with van der Waals surface area (Å²) < 4.78 is 41.3. The Hall–Kier alpha value is -3.15. The van der Waals surface area contributed by atoms with Gasteiger partial charge >= 0.3 is 7.25 Å². The van der Waals surface area contributed by atoms with Crippen molar-refractivity contribution in [2.24, 2.45) is 0 Å². The lowest BCUT2D eigenvalue weighted by molar-refractivity contribution is -0.567. The molecule has 0 N–H and O–H groups in total. The smallest absolute Gasteiger partial charge is 0.418 e. The van der Waals surface area contributed by atoms with Crippen molar-refractivity contribution >= 4 is 18.2 Å². The standard InChI is InChI=1S/C23H20N.BF4/c1-17-8-11-20(12-9-17)24-15-14-21(19-6-4-3-5-7-19)22-16-18(2)10-13-23(22)24;2-1(3,4)5/h3-16H,1-2H3;/q+1;-1. The van der Waals surface area contributed by atoms with E-state index in [-0.39, 0.29) is 0 Å². The van der Waals surface area contributed by atoms with Gasteiger partial charge in [-0.15, -0.1) is 0 Å². The Kier molecular flexibility index (Phi) is 6.02. The third-order valence-electron chi connectivity index (χ3n) is 4.49. The van der Waals surface area contributed by atoms with E-state index in [0.29, 0.717) is 0 Å². The number of pyridine rings is 1. The van der Waals surface area contributed by atoms with Gasteiger partial charge in [-0.3, -0.25) is 0 Å². The van der Waals surface area contributed by atoms with Gasteiger partial charge in [0.25, 0.3) is 0 Å². The molecule has 0 aliphatic carbocycles. The third kappa shape index (κ3) is 5.44. The Balaban J connectivity index is 0.000000431. The van der Waals surface area contributed by atoms with Gasteiger partial charge in [0.15, 0.2) is 6.20 Å². The highest BCUT2D eigenvalue weighted by Gasteiger charge is 2.20. The summed E-state index contributed by atoms with van der Waals surface area (Å²) in [4.78, 5) is 0. The molecule has 0 bridgehead atoms. The van der Waals surface area contributed by atoms with Crippen molar-refractivity contribution in [1.82, 2.24) is 0 Å². The van der Waals surface area contributed by atoms with Gasteiger partial charge in [-0.1, -0.05) is 59.7 Å². The molecular formula is C23H20BF4N. The van der Waals surface area contributed by atoms with Gasteiger partial charge in [0.1, 0.15) is 0 Å². The van der Waals surface area contributed by atoms with Gasteiger partial charge in [-0.25, -0.2) is 0 Å². The van der Waals surface area contributed by atoms with Crippen LogP contribution in [-0.4, -0.2) is 7.25 Å². The van der Waals surface area contributed by atoms with Gasteiger partial charge in [-0.05, 0) is 25.5 Å². The van der Waals surface area contributed by atoms with Crippen LogP contribution in [0, 0.1) is 13.8 Å². The minimum absolute atomic E-state index is 1.19. The zero-order valence-electron chi connectivity index (χ0n) is 16.1. The van der Waals surface area contributed by atoms with Crippen LogP contribution in [0.1, 0.15) is 11.1 Å². The van der Waals surface area contributed by atoms with E-state index in [4.69, 9.17) is 0 Å². The molecule has 6 heteroatoms. The molecule has 1 nitrogen and oxygen atoms in total. The lowest BCUT2D eigenvalue weighted by Gasteiger charge is -2.08. The van der Waals surface area contributed by atoms with Crippen molar-refractivity contribution in [3.05, 3.63) is 96.2 Å². The predicted molar refractivity (Wildman–Crippen MR) is 111 cm³/mol. The molecule has 1 heterocycles. The van der Waals surface area contributed by atoms with Gasteiger partial charge in [0.2, 0.25) is 11.2 Å². The molecule has 0 fully saturated rings. The summed E-state index contributed by atoms with van der Waals surface area (Å²) in [5.74, 6) is 0. The van der Waals surface area contributed by atoms with Gasteiger partial charge in [0, 0.05) is 29.8 Å². The molecule has 148 valence electrons. The van der Waals surface area contributed by atoms with Crippen LogP contribution in [0.5, 0.6) is 0 Å². The Labute approximate surface area is 167 Å². The van der Waals surface area contributed by atoms with Gasteiger partial charge in [0.05, 0.1) is 5.39 Å². The number of nitrogens with zero attached hydrogens (tertiary/aromatic N) is 1. The van der Waals surface area contributed by atoms with Crippen molar-refractivity contribution in [3.8, 4) is 16.8 Å². The summed E-state index contributed by atoms with van der Waals surface area (Å²) in [6, 6.07) is 28.2. The lowest BCUT2D eigenvalue weighted by Crippen LogP contribution is -2.31. The lowest BCUT2D eigenvalue weighted by atomic mass is 9.99. The fourth-order valence-corrected chi connectivity index (χ4v) is 3.19. The van der Waals surface area contributed by atoms with E-state index in [1.54, 1.807) is 0 Å². The first-order chi connectivity index (χ1) is 13.7. The minimum atomic E-state index is -6.00. The Morgan fingerprint density at radius 2 is 1.28 bits per heavy atom. The highest BCUT2D eigenvalue weighted by molar-refractivity contribution is 6.50. The number of halogens is 4. The van der Waals surface area contributed by atoms with E-state index in [2.05, 4.69) is 103 Å². The van der Waals surface area contributed by atoms with Crippen LogP contribution in [0.25, 0.3) is 27.7 Å². The average Bonchev–Trinajstić information content (AvgIpc) is 2.67. The van der Waals surface area contributed by atoms with Crippen LogP contribution >= 0.6 is 0 Å². The number of hydrogen-bond acceptors (Lipinski definition) is 0. The van der Waals surface area contributed by atoms with Gasteiger partial charge in [-0.2, -0.15) is 4.57 Å². The van der Waals surface area contributed by atoms with E-state index in [1.807, 2.05) is 0 Å². The second kappa shape index (κ2) is 8.47. The zero-order valence-corrected chi connectivity index (χ0v) is 16.1.